The van der Waals surface area contributed by atoms with E-state index in [-0.39, 0.29) is 31.2 Å². The number of carbonyl (C=O) groups excluding carboxylic acids is 1. The van der Waals surface area contributed by atoms with Crippen molar-refractivity contribution in [1.29, 1.82) is 0 Å². The highest BCUT2D eigenvalue weighted by Gasteiger charge is 2.23. The molecule has 1 aromatic heterocycles. The summed E-state index contributed by atoms with van der Waals surface area (Å²) in [7, 11) is 1.50. The maximum atomic E-state index is 13.1. The topological polar surface area (TPSA) is 110 Å². The predicted molar refractivity (Wildman–Crippen MR) is 126 cm³/mol. The van der Waals surface area contributed by atoms with E-state index in [1.54, 1.807) is 6.08 Å². The van der Waals surface area contributed by atoms with Crippen molar-refractivity contribution in [3.8, 4) is 0 Å². The van der Waals surface area contributed by atoms with E-state index < -0.39 is 17.2 Å². The van der Waals surface area contributed by atoms with E-state index in [0.717, 1.165) is 16.7 Å². The fourth-order valence-electron chi connectivity index (χ4n) is 3.31. The van der Waals surface area contributed by atoms with Crippen LogP contribution < -0.4 is 21.9 Å². The molecule has 0 aliphatic carbocycles. The van der Waals surface area contributed by atoms with Gasteiger partial charge in [-0.05, 0) is 24.1 Å². The summed E-state index contributed by atoms with van der Waals surface area (Å²) in [6.45, 7) is 2.38. The summed E-state index contributed by atoms with van der Waals surface area (Å²) in [4.78, 5) is 41.7. The monoisotopic (exact) mass is 434 g/mol. The van der Waals surface area contributed by atoms with Crippen molar-refractivity contribution in [1.82, 2.24) is 9.55 Å². The van der Waals surface area contributed by atoms with Crippen molar-refractivity contribution in [2.45, 2.75) is 13.5 Å². The molecule has 32 heavy (non-hydrogen) atoms. The minimum absolute atomic E-state index is 0.0866. The summed E-state index contributed by atoms with van der Waals surface area (Å²) < 4.78 is 6.35. The largest absolute Gasteiger partial charge is 0.383 e. The molecule has 166 valence electrons. The quantitative estimate of drug-likeness (QED) is 0.528. The molecule has 1 heterocycles. The number of hydrogen-bond acceptors (Lipinski definition) is 5. The number of amides is 1. The van der Waals surface area contributed by atoms with Gasteiger partial charge in [0.1, 0.15) is 5.82 Å². The fraction of sp³-hybridized carbons (Fsp3) is 0.208. The number of ether oxygens (including phenoxy) is 1. The van der Waals surface area contributed by atoms with Crippen LogP contribution in [0.4, 0.5) is 11.5 Å². The van der Waals surface area contributed by atoms with E-state index in [4.69, 9.17) is 10.5 Å². The average molecular weight is 434 g/mol. The molecule has 0 saturated heterocycles. The third-order valence-electron chi connectivity index (χ3n) is 4.91. The second-order valence-electron chi connectivity index (χ2n) is 7.30. The highest BCUT2D eigenvalue weighted by molar-refractivity contribution is 6.05. The second kappa shape index (κ2) is 10.4. The number of H-pyrrole nitrogens is 1. The zero-order valence-electron chi connectivity index (χ0n) is 18.1. The van der Waals surface area contributed by atoms with Crippen LogP contribution in [0, 0.1) is 6.92 Å². The number of nitrogens with one attached hydrogen (secondary N) is 1. The Kier molecular flexibility index (Phi) is 7.41. The number of nitrogens with two attached hydrogens (primary N) is 1. The lowest BCUT2D eigenvalue weighted by molar-refractivity contribution is -0.114. The zero-order valence-corrected chi connectivity index (χ0v) is 18.1. The lowest BCUT2D eigenvalue weighted by atomic mass is 10.1. The first-order chi connectivity index (χ1) is 15.4. The number of nitrogen functional groups attached to an aromatic ring is 1. The average Bonchev–Trinajstić information content (AvgIpc) is 2.78. The highest BCUT2D eigenvalue weighted by Crippen LogP contribution is 2.18. The van der Waals surface area contributed by atoms with Crippen molar-refractivity contribution >= 4 is 23.5 Å². The predicted octanol–water partition coefficient (Wildman–Crippen LogP) is 2.17. The molecule has 1 amide bonds. The molecule has 0 spiro atoms. The number of nitrogens with zero attached hydrogens (tertiary/aromatic N) is 2. The Morgan fingerprint density at radius 3 is 2.59 bits per heavy atom. The van der Waals surface area contributed by atoms with Crippen LogP contribution in [0.15, 0.2) is 70.3 Å². The Balaban J connectivity index is 2.01. The van der Waals surface area contributed by atoms with Crippen molar-refractivity contribution in [3.63, 3.8) is 0 Å². The second-order valence-corrected chi connectivity index (χ2v) is 7.30. The number of aryl methyl sites for hydroxylation is 1. The van der Waals surface area contributed by atoms with Gasteiger partial charge in [0.05, 0.1) is 13.2 Å². The summed E-state index contributed by atoms with van der Waals surface area (Å²) >= 11 is 0. The normalized spacial score (nSPS) is 11.1. The Morgan fingerprint density at radius 1 is 1.16 bits per heavy atom. The molecule has 0 atom stereocenters. The molecule has 0 unspecified atom stereocenters. The number of benzene rings is 2. The van der Waals surface area contributed by atoms with Gasteiger partial charge in [0.15, 0.2) is 5.69 Å². The zero-order chi connectivity index (χ0) is 23.1. The summed E-state index contributed by atoms with van der Waals surface area (Å²) in [6.07, 6.45) is 3.04. The summed E-state index contributed by atoms with van der Waals surface area (Å²) in [5.41, 5.74) is 7.53. The molecular weight excluding hydrogens is 408 g/mol. The Morgan fingerprint density at radius 2 is 1.91 bits per heavy atom. The molecule has 0 radical (unpaired) electrons. The van der Waals surface area contributed by atoms with E-state index in [9.17, 15) is 14.4 Å². The lowest BCUT2D eigenvalue weighted by Crippen LogP contribution is -2.42. The first-order valence-corrected chi connectivity index (χ1v) is 10.1. The van der Waals surface area contributed by atoms with E-state index in [0.29, 0.717) is 0 Å². The first kappa shape index (κ1) is 22.8. The van der Waals surface area contributed by atoms with Gasteiger partial charge in [0.25, 0.3) is 11.5 Å². The van der Waals surface area contributed by atoms with Crippen molar-refractivity contribution < 1.29 is 9.53 Å². The number of aromatic amines is 1. The molecule has 3 rings (SSSR count). The molecule has 0 saturated carbocycles. The molecule has 8 heteroatoms. The van der Waals surface area contributed by atoms with Gasteiger partial charge in [-0.2, -0.15) is 0 Å². The van der Waals surface area contributed by atoms with Gasteiger partial charge < -0.3 is 10.5 Å². The van der Waals surface area contributed by atoms with Gasteiger partial charge in [-0.15, -0.1) is 0 Å². The van der Waals surface area contributed by atoms with E-state index >= 15 is 0 Å². The van der Waals surface area contributed by atoms with E-state index in [1.165, 1.54) is 22.7 Å². The highest BCUT2D eigenvalue weighted by atomic mass is 16.5. The van der Waals surface area contributed by atoms with E-state index in [2.05, 4.69) is 4.98 Å². The molecule has 8 nitrogen and oxygen atoms in total. The molecular formula is C24H26N4O4. The molecule has 3 N–H and O–H groups in total. The summed E-state index contributed by atoms with van der Waals surface area (Å²) in [5, 5.41) is 0. The maximum absolute atomic E-state index is 13.1. The Labute approximate surface area is 185 Å². The van der Waals surface area contributed by atoms with Crippen LogP contribution in [0.5, 0.6) is 0 Å². The first-order valence-electron chi connectivity index (χ1n) is 10.1. The molecule has 0 aliphatic rings. The van der Waals surface area contributed by atoms with Crippen LogP contribution in [0.3, 0.4) is 0 Å². The molecule has 3 aromatic rings. The molecule has 0 aliphatic heterocycles. The van der Waals surface area contributed by atoms with Crippen LogP contribution in [0.1, 0.15) is 16.7 Å². The van der Waals surface area contributed by atoms with Gasteiger partial charge in [-0.3, -0.25) is 24.0 Å². The molecule has 0 fully saturated rings. The number of methoxy groups -OCH3 is 1. The van der Waals surface area contributed by atoms with Crippen LogP contribution >= 0.6 is 0 Å². The SMILES string of the molecule is COCCN(C(=O)/C=C/c1cccc(C)c1)c1c(N)n(Cc2ccccc2)c(=O)[nH]c1=O. The molecule has 0 bridgehead atoms. The number of rotatable bonds is 8. The number of hydrogen-bond donors (Lipinski definition) is 2. The minimum Gasteiger partial charge on any atom is -0.383 e. The van der Waals surface area contributed by atoms with Crippen LogP contribution in [0.25, 0.3) is 6.08 Å². The third-order valence-corrected chi connectivity index (χ3v) is 4.91. The summed E-state index contributed by atoms with van der Waals surface area (Å²) in [5.74, 6) is -0.540. The van der Waals surface area contributed by atoms with Gasteiger partial charge >= 0.3 is 5.69 Å². The van der Waals surface area contributed by atoms with Gasteiger partial charge in [-0.25, -0.2) is 4.79 Å². The van der Waals surface area contributed by atoms with Crippen LogP contribution in [-0.2, 0) is 16.1 Å². The number of anilines is 2. The minimum atomic E-state index is -0.731. The van der Waals surface area contributed by atoms with Crippen molar-refractivity contribution in [3.05, 3.63) is 98.2 Å². The third kappa shape index (κ3) is 5.41. The standard InChI is InChI=1S/C24H26N4O4/c1-17-7-6-10-18(15-17)11-12-20(29)27(13-14-32-2)21-22(25)28(24(31)26-23(21)30)16-19-8-4-3-5-9-19/h3-12,15H,13-14,16,25H2,1-2H3,(H,26,30,31)/b12-11+. The van der Waals surface area contributed by atoms with Gasteiger partial charge in [-0.1, -0.05) is 60.2 Å². The maximum Gasteiger partial charge on any atom is 0.330 e. The van der Waals surface area contributed by atoms with Gasteiger partial charge in [0, 0.05) is 19.7 Å². The fourth-order valence-corrected chi connectivity index (χ4v) is 3.31. The number of carbonyl (C=O) groups is 1. The lowest BCUT2D eigenvalue weighted by Gasteiger charge is -2.23. The molecule has 2 aromatic carbocycles. The van der Waals surface area contributed by atoms with Crippen molar-refractivity contribution in [2.24, 2.45) is 0 Å². The number of aromatic nitrogens is 2. The van der Waals surface area contributed by atoms with E-state index in [1.807, 2.05) is 61.5 Å². The smallest absolute Gasteiger partial charge is 0.330 e. The Hall–Kier alpha value is -3.91. The van der Waals surface area contributed by atoms with Crippen molar-refractivity contribution in [2.75, 3.05) is 30.9 Å². The Bertz CT molecular complexity index is 1230. The van der Waals surface area contributed by atoms with Crippen LogP contribution in [-0.4, -0.2) is 35.7 Å². The summed E-state index contributed by atoms with van der Waals surface area (Å²) in [6, 6.07) is 16.9. The van der Waals surface area contributed by atoms with Crippen LogP contribution in [0.2, 0.25) is 0 Å². The van der Waals surface area contributed by atoms with Gasteiger partial charge in [0.2, 0.25) is 0 Å².